The molecule has 4 aromatic carbocycles. The van der Waals surface area contributed by atoms with Crippen LogP contribution in [0.3, 0.4) is 0 Å². The molecule has 0 bridgehead atoms. The number of alkyl carbamates (subject to hydrolysis) is 2. The first-order valence-electron chi connectivity index (χ1n) is 26.5. The number of alkyl halides is 6. The van der Waals surface area contributed by atoms with Crippen LogP contribution in [0.4, 0.5) is 35.9 Å². The molecule has 8 rings (SSSR count). The third-order valence-corrected chi connectivity index (χ3v) is 12.8. The molecular formula is C62H64F6N10O6. The molecule has 4 amide bonds. The van der Waals surface area contributed by atoms with Crippen LogP contribution in [0, 0.1) is 0 Å². The normalized spacial score (nSPS) is 12.5. The number of amides is 4. The van der Waals surface area contributed by atoms with Crippen LogP contribution in [0.2, 0.25) is 0 Å². The maximum atomic E-state index is 13.5. The van der Waals surface area contributed by atoms with Crippen molar-refractivity contribution in [3.8, 4) is 45.0 Å². The van der Waals surface area contributed by atoms with Gasteiger partial charge >= 0.3 is 24.5 Å². The highest BCUT2D eigenvalue weighted by molar-refractivity contribution is 5.93. The lowest BCUT2D eigenvalue weighted by Crippen LogP contribution is -2.32. The van der Waals surface area contributed by atoms with E-state index in [0.29, 0.717) is 44.8 Å². The quantitative estimate of drug-likeness (QED) is 0.0761. The molecule has 0 saturated heterocycles. The zero-order chi connectivity index (χ0) is 61.3. The van der Waals surface area contributed by atoms with E-state index in [9.17, 15) is 45.5 Å². The Labute approximate surface area is 482 Å². The highest BCUT2D eigenvalue weighted by atomic mass is 19.4. The third kappa shape index (κ3) is 16.9. The summed E-state index contributed by atoms with van der Waals surface area (Å²) >= 11 is 0. The van der Waals surface area contributed by atoms with Crippen LogP contribution in [0.1, 0.15) is 122 Å². The number of hydrogen-bond acceptors (Lipinski definition) is 10. The van der Waals surface area contributed by atoms with Gasteiger partial charge in [-0.25, -0.2) is 19.6 Å². The molecule has 4 heterocycles. The number of aryl methyl sites for hydroxylation is 2. The molecule has 0 unspecified atom stereocenters. The van der Waals surface area contributed by atoms with E-state index in [1.807, 2.05) is 0 Å². The first kappa shape index (κ1) is 62.3. The number of carbonyl (C=O) groups is 4. The lowest BCUT2D eigenvalue weighted by molar-refractivity contribution is -0.138. The summed E-state index contributed by atoms with van der Waals surface area (Å²) in [5.41, 5.74) is 4.35. The molecule has 4 N–H and O–H groups in total. The van der Waals surface area contributed by atoms with Gasteiger partial charge in [-0.2, -0.15) is 36.5 Å². The van der Waals surface area contributed by atoms with E-state index in [-0.39, 0.29) is 36.3 Å². The second kappa shape index (κ2) is 25.8. The fraction of sp³-hybridized carbons (Fsp3) is 0.290. The Morgan fingerprint density at radius 1 is 0.500 bits per heavy atom. The summed E-state index contributed by atoms with van der Waals surface area (Å²) < 4.78 is 95.0. The van der Waals surface area contributed by atoms with Gasteiger partial charge < -0.3 is 30.7 Å². The summed E-state index contributed by atoms with van der Waals surface area (Å²) in [7, 11) is 3.57. The number of benzene rings is 4. The van der Waals surface area contributed by atoms with Gasteiger partial charge in [-0.15, -0.1) is 0 Å². The lowest BCUT2D eigenvalue weighted by atomic mass is 9.95. The van der Waals surface area contributed by atoms with Gasteiger partial charge in [-0.05, 0) is 161 Å². The Morgan fingerprint density at radius 3 is 1.17 bits per heavy atom. The molecule has 16 nitrogen and oxygen atoms in total. The van der Waals surface area contributed by atoms with Crippen molar-refractivity contribution in [2.75, 3.05) is 0 Å². The molecule has 0 radical (unpaired) electrons. The second-order valence-corrected chi connectivity index (χ2v) is 21.6. The molecule has 0 spiro atoms. The minimum Gasteiger partial charge on any atom is -0.444 e. The summed E-state index contributed by atoms with van der Waals surface area (Å²) in [4.78, 5) is 59.2. The molecule has 0 aliphatic heterocycles. The van der Waals surface area contributed by atoms with Crippen LogP contribution >= 0.6 is 0 Å². The van der Waals surface area contributed by atoms with E-state index >= 15 is 0 Å². The first-order valence-corrected chi connectivity index (χ1v) is 26.5. The standard InChI is InChI=1S/2C31H32F3N5O3/c2*1-19(37-28(40)26-8-6-7-25(38-26)27-15-16-36-39(27)5)20-9-11-21(12-10-20)24-17-23(31(32,33)34)14-13-22(24)18-35-29(41)42-30(2,3)4/h2*6-17,19H,18H2,1-5H3,(H,35,41)(H,37,40)/t2*19-/m11/s1. The summed E-state index contributed by atoms with van der Waals surface area (Å²) in [6, 6.07) is 33.6. The molecule has 8 aromatic rings. The fourth-order valence-electron chi connectivity index (χ4n) is 8.58. The highest BCUT2D eigenvalue weighted by Gasteiger charge is 2.33. The summed E-state index contributed by atoms with van der Waals surface area (Å²) in [5, 5.41) is 19.3. The molecule has 0 aliphatic rings. The highest BCUT2D eigenvalue weighted by Crippen LogP contribution is 2.37. The molecule has 440 valence electrons. The molecule has 22 heteroatoms. The van der Waals surface area contributed by atoms with Gasteiger partial charge in [-0.1, -0.05) is 72.8 Å². The molecule has 0 fully saturated rings. The number of aromatic nitrogens is 6. The van der Waals surface area contributed by atoms with E-state index in [4.69, 9.17) is 9.47 Å². The zero-order valence-electron chi connectivity index (χ0n) is 47.8. The summed E-state index contributed by atoms with van der Waals surface area (Å²) in [5.74, 6) is -0.743. The predicted molar refractivity (Wildman–Crippen MR) is 305 cm³/mol. The molecular weight excluding hydrogens is 1090 g/mol. The summed E-state index contributed by atoms with van der Waals surface area (Å²) in [6.45, 7) is 13.9. The number of rotatable bonds is 14. The molecule has 0 saturated carbocycles. The second-order valence-electron chi connectivity index (χ2n) is 21.6. The Morgan fingerprint density at radius 2 is 0.857 bits per heavy atom. The van der Waals surface area contributed by atoms with Crippen LogP contribution < -0.4 is 21.3 Å². The van der Waals surface area contributed by atoms with E-state index in [2.05, 4.69) is 41.4 Å². The van der Waals surface area contributed by atoms with Crippen molar-refractivity contribution in [3.63, 3.8) is 0 Å². The Hall–Kier alpha value is -9.34. The van der Waals surface area contributed by atoms with E-state index in [1.54, 1.807) is 188 Å². The predicted octanol–water partition coefficient (Wildman–Crippen LogP) is 13.4. The number of nitrogens with zero attached hydrogens (tertiary/aromatic N) is 6. The first-order chi connectivity index (χ1) is 39.4. The van der Waals surface area contributed by atoms with Gasteiger partial charge in [0.15, 0.2) is 0 Å². The smallest absolute Gasteiger partial charge is 0.416 e. The van der Waals surface area contributed by atoms with Crippen molar-refractivity contribution in [2.24, 2.45) is 14.1 Å². The van der Waals surface area contributed by atoms with E-state index in [0.717, 1.165) is 46.8 Å². The Balaban J connectivity index is 0.000000241. The SMILES string of the molecule is C[C@@H](NC(=O)c1cccc(-c2ccnn2C)n1)c1ccc(-c2cc(C(F)(F)F)ccc2CNC(=O)OC(C)(C)C)cc1.C[C@@H](NC(=O)c1cccc(-c2ccnn2C)n1)c1ccc(-c2cc(C(F)(F)F)ccc2CNC(=O)OC(C)(C)C)cc1. The topological polar surface area (TPSA) is 196 Å². The summed E-state index contributed by atoms with van der Waals surface area (Å²) in [6.07, 6.45) is -7.12. The van der Waals surface area contributed by atoms with Crippen LogP contribution in [0.5, 0.6) is 0 Å². The van der Waals surface area contributed by atoms with Crippen molar-refractivity contribution in [1.29, 1.82) is 0 Å². The number of pyridine rings is 2. The lowest BCUT2D eigenvalue weighted by Gasteiger charge is -2.20. The molecule has 4 aromatic heterocycles. The monoisotopic (exact) mass is 1160 g/mol. The minimum absolute atomic E-state index is 0.0263. The molecule has 2 atom stereocenters. The van der Waals surface area contributed by atoms with Crippen LogP contribution in [0.15, 0.2) is 146 Å². The van der Waals surface area contributed by atoms with Crippen molar-refractivity contribution in [1.82, 2.24) is 50.8 Å². The number of halogens is 6. The maximum absolute atomic E-state index is 13.5. The van der Waals surface area contributed by atoms with Gasteiger partial charge in [0.05, 0.1) is 46.0 Å². The van der Waals surface area contributed by atoms with Crippen LogP contribution in [-0.4, -0.2) is 64.7 Å². The largest absolute Gasteiger partial charge is 0.444 e. The Bertz CT molecular complexity index is 3380. The van der Waals surface area contributed by atoms with Crippen molar-refractivity contribution in [2.45, 2.75) is 104 Å². The van der Waals surface area contributed by atoms with Gasteiger partial charge in [0.1, 0.15) is 22.6 Å². The fourth-order valence-corrected chi connectivity index (χ4v) is 8.58. The van der Waals surface area contributed by atoms with Crippen LogP contribution in [0.25, 0.3) is 45.0 Å². The van der Waals surface area contributed by atoms with Gasteiger partial charge in [0, 0.05) is 39.6 Å². The van der Waals surface area contributed by atoms with Crippen molar-refractivity contribution >= 4 is 24.0 Å². The van der Waals surface area contributed by atoms with E-state index < -0.39 is 59.0 Å². The zero-order valence-corrected chi connectivity index (χ0v) is 47.8. The maximum Gasteiger partial charge on any atom is 0.416 e. The number of hydrogen-bond donors (Lipinski definition) is 4. The average molecular weight is 1160 g/mol. The molecule has 84 heavy (non-hydrogen) atoms. The molecule has 0 aliphatic carbocycles. The van der Waals surface area contributed by atoms with Gasteiger partial charge in [-0.3, -0.25) is 19.0 Å². The number of nitrogens with one attached hydrogen (secondary N) is 4. The average Bonchev–Trinajstić information content (AvgIpc) is 3.81. The minimum atomic E-state index is -4.54. The third-order valence-electron chi connectivity index (χ3n) is 12.8. The van der Waals surface area contributed by atoms with E-state index in [1.165, 1.54) is 12.1 Å². The van der Waals surface area contributed by atoms with Gasteiger partial charge in [0.2, 0.25) is 0 Å². The van der Waals surface area contributed by atoms with Crippen molar-refractivity contribution < 1.29 is 55.0 Å². The number of ether oxygens (including phenoxy) is 2. The van der Waals surface area contributed by atoms with Gasteiger partial charge in [0.25, 0.3) is 11.8 Å². The van der Waals surface area contributed by atoms with Crippen molar-refractivity contribution in [3.05, 3.63) is 191 Å². The number of carbonyl (C=O) groups excluding carboxylic acids is 4. The van der Waals surface area contributed by atoms with Crippen LogP contribution in [-0.2, 0) is 49.0 Å². The Kier molecular flexibility index (Phi) is 19.2.